The summed E-state index contributed by atoms with van der Waals surface area (Å²) >= 11 is 2.96. The van der Waals surface area contributed by atoms with Crippen LogP contribution in [0.4, 0.5) is 0 Å². The molecule has 0 saturated carbocycles. The second-order valence-electron chi connectivity index (χ2n) is 4.85. The molecule has 0 atom stereocenters. The lowest BCUT2D eigenvalue weighted by Crippen LogP contribution is -2.00. The highest BCUT2D eigenvalue weighted by Gasteiger charge is 2.12. The van der Waals surface area contributed by atoms with E-state index in [2.05, 4.69) is 4.98 Å². The number of benzene rings is 1. The van der Waals surface area contributed by atoms with E-state index in [9.17, 15) is 10.1 Å². The Hall–Kier alpha value is -2.75. The molecule has 4 nitrogen and oxygen atoms in total. The molecule has 2 heterocycles. The molecule has 2 aromatic heterocycles. The minimum Gasteiger partial charge on any atom is -0.487 e. The molecule has 3 rings (SSSR count). The molecule has 0 amide bonds. The lowest BCUT2D eigenvalue weighted by atomic mass is 10.0. The van der Waals surface area contributed by atoms with Crippen LogP contribution in [0.1, 0.15) is 21.6 Å². The van der Waals surface area contributed by atoms with Crippen LogP contribution in [0.3, 0.4) is 0 Å². The molecule has 0 bridgehead atoms. The number of thiazole rings is 1. The van der Waals surface area contributed by atoms with Gasteiger partial charge >= 0.3 is 0 Å². The highest BCUT2D eigenvalue weighted by Crippen LogP contribution is 2.18. The van der Waals surface area contributed by atoms with Crippen molar-refractivity contribution in [3.05, 3.63) is 74.4 Å². The van der Waals surface area contributed by atoms with Gasteiger partial charge in [-0.25, -0.2) is 4.98 Å². The van der Waals surface area contributed by atoms with E-state index in [0.717, 1.165) is 11.3 Å². The summed E-state index contributed by atoms with van der Waals surface area (Å²) in [6, 6.07) is 10.9. The van der Waals surface area contributed by atoms with Crippen LogP contribution >= 0.6 is 22.7 Å². The third-order valence-electron chi connectivity index (χ3n) is 3.21. The minimum absolute atomic E-state index is 0.115. The average Bonchev–Trinajstić information content (AvgIpc) is 3.31. The molecular formula is C18H12N2O2S2. The van der Waals surface area contributed by atoms with Crippen molar-refractivity contribution in [2.45, 2.75) is 6.61 Å². The van der Waals surface area contributed by atoms with Crippen LogP contribution in [0.5, 0.6) is 5.75 Å². The molecule has 24 heavy (non-hydrogen) atoms. The van der Waals surface area contributed by atoms with Gasteiger partial charge in [0.2, 0.25) is 5.78 Å². The number of carbonyl (C=O) groups excluding carboxylic acids is 1. The number of aromatic nitrogens is 1. The highest BCUT2D eigenvalue weighted by molar-refractivity contribution is 7.08. The van der Waals surface area contributed by atoms with Gasteiger partial charge in [0.05, 0.1) is 11.2 Å². The van der Waals surface area contributed by atoms with Gasteiger partial charge in [0.25, 0.3) is 0 Å². The second kappa shape index (κ2) is 7.68. The number of nitriles is 1. The smallest absolute Gasteiger partial charge is 0.204 e. The molecule has 0 spiro atoms. The first kappa shape index (κ1) is 16.1. The summed E-state index contributed by atoms with van der Waals surface area (Å²) in [7, 11) is 0. The maximum atomic E-state index is 12.2. The Labute approximate surface area is 147 Å². The van der Waals surface area contributed by atoms with Gasteiger partial charge in [-0.3, -0.25) is 4.79 Å². The van der Waals surface area contributed by atoms with Crippen LogP contribution in [-0.2, 0) is 6.61 Å². The van der Waals surface area contributed by atoms with E-state index in [4.69, 9.17) is 4.74 Å². The Morgan fingerprint density at radius 2 is 2.04 bits per heavy atom. The van der Waals surface area contributed by atoms with E-state index in [0.29, 0.717) is 17.9 Å². The van der Waals surface area contributed by atoms with Crippen LogP contribution in [0.25, 0.3) is 6.08 Å². The topological polar surface area (TPSA) is 63.0 Å². The summed E-state index contributed by atoms with van der Waals surface area (Å²) in [5.41, 5.74) is 4.08. The Balaban J connectivity index is 1.70. The Kier molecular flexibility index (Phi) is 5.16. The number of allylic oxidation sites excluding steroid dienone is 1. The Morgan fingerprint density at radius 1 is 1.21 bits per heavy atom. The molecule has 6 heteroatoms. The van der Waals surface area contributed by atoms with Crippen LogP contribution in [0, 0.1) is 11.3 Å². The summed E-state index contributed by atoms with van der Waals surface area (Å²) < 4.78 is 5.64. The monoisotopic (exact) mass is 352 g/mol. The number of hydrogen-bond donors (Lipinski definition) is 0. The SMILES string of the molecule is N#C/C(=C/c1ccc(OCc2cscn2)cc1)C(=O)c1ccsc1. The van der Waals surface area contributed by atoms with Gasteiger partial charge in [0.15, 0.2) is 0 Å². The van der Waals surface area contributed by atoms with Gasteiger partial charge in [-0.15, -0.1) is 11.3 Å². The molecular weight excluding hydrogens is 340 g/mol. The van der Waals surface area contributed by atoms with Crippen molar-refractivity contribution in [2.24, 2.45) is 0 Å². The van der Waals surface area contributed by atoms with Crippen molar-refractivity contribution in [1.82, 2.24) is 4.98 Å². The highest BCUT2D eigenvalue weighted by atomic mass is 32.1. The fourth-order valence-electron chi connectivity index (χ4n) is 1.99. The van der Waals surface area contributed by atoms with Gasteiger partial charge in [0, 0.05) is 16.3 Å². The number of ether oxygens (including phenoxy) is 1. The minimum atomic E-state index is -0.261. The van der Waals surface area contributed by atoms with Gasteiger partial charge in [0.1, 0.15) is 24.0 Å². The van der Waals surface area contributed by atoms with Crippen LogP contribution < -0.4 is 4.74 Å². The van der Waals surface area contributed by atoms with Gasteiger partial charge in [-0.05, 0) is 35.2 Å². The number of hydrogen-bond acceptors (Lipinski definition) is 6. The summed E-state index contributed by atoms with van der Waals surface area (Å²) in [6.45, 7) is 0.415. The van der Waals surface area contributed by atoms with E-state index < -0.39 is 0 Å². The quantitative estimate of drug-likeness (QED) is 0.370. The van der Waals surface area contributed by atoms with Crippen molar-refractivity contribution in [3.63, 3.8) is 0 Å². The zero-order chi connectivity index (χ0) is 16.8. The summed E-state index contributed by atoms with van der Waals surface area (Å²) in [5.74, 6) is 0.449. The molecule has 0 fully saturated rings. The predicted molar refractivity (Wildman–Crippen MR) is 95.1 cm³/mol. The van der Waals surface area contributed by atoms with E-state index >= 15 is 0 Å². The lowest BCUT2D eigenvalue weighted by molar-refractivity contribution is 0.104. The number of nitrogens with zero attached hydrogens (tertiary/aromatic N) is 2. The maximum Gasteiger partial charge on any atom is 0.204 e. The molecule has 0 saturated heterocycles. The molecule has 0 aliphatic carbocycles. The zero-order valence-corrected chi connectivity index (χ0v) is 14.1. The number of rotatable bonds is 6. The van der Waals surface area contributed by atoms with E-state index in [1.807, 2.05) is 41.1 Å². The summed E-state index contributed by atoms with van der Waals surface area (Å²) in [4.78, 5) is 16.4. The third-order valence-corrected chi connectivity index (χ3v) is 4.53. The van der Waals surface area contributed by atoms with E-state index in [1.54, 1.807) is 23.0 Å². The first-order valence-corrected chi connectivity index (χ1v) is 8.93. The zero-order valence-electron chi connectivity index (χ0n) is 12.5. The second-order valence-corrected chi connectivity index (χ2v) is 6.35. The molecule has 118 valence electrons. The van der Waals surface area contributed by atoms with Crippen molar-refractivity contribution < 1.29 is 9.53 Å². The molecule has 0 aliphatic rings. The Morgan fingerprint density at radius 3 is 2.67 bits per heavy atom. The van der Waals surface area contributed by atoms with Crippen molar-refractivity contribution in [3.8, 4) is 11.8 Å². The predicted octanol–water partition coefficient (Wildman–Crippen LogP) is 4.57. The van der Waals surface area contributed by atoms with Gasteiger partial charge < -0.3 is 4.74 Å². The number of carbonyl (C=O) groups is 1. The number of thiophene rings is 1. The first-order valence-electron chi connectivity index (χ1n) is 7.05. The molecule has 3 aromatic rings. The van der Waals surface area contributed by atoms with Crippen molar-refractivity contribution in [2.75, 3.05) is 0 Å². The normalized spacial score (nSPS) is 11.0. The summed E-state index contributed by atoms with van der Waals surface area (Å²) in [5, 5.41) is 14.7. The number of ketones is 1. The molecule has 0 unspecified atom stereocenters. The molecule has 1 aromatic carbocycles. The van der Waals surface area contributed by atoms with Crippen LogP contribution in [0.2, 0.25) is 0 Å². The maximum absolute atomic E-state index is 12.2. The van der Waals surface area contributed by atoms with Crippen LogP contribution in [0.15, 0.2) is 57.6 Å². The van der Waals surface area contributed by atoms with Crippen molar-refractivity contribution in [1.29, 1.82) is 5.26 Å². The fraction of sp³-hybridized carbons (Fsp3) is 0.0556. The molecule has 0 radical (unpaired) electrons. The van der Waals surface area contributed by atoms with E-state index in [1.165, 1.54) is 22.7 Å². The van der Waals surface area contributed by atoms with Gasteiger partial charge in [-0.1, -0.05) is 12.1 Å². The van der Waals surface area contributed by atoms with E-state index in [-0.39, 0.29) is 11.4 Å². The van der Waals surface area contributed by atoms with Crippen molar-refractivity contribution >= 4 is 34.5 Å². The summed E-state index contributed by atoms with van der Waals surface area (Å²) in [6.07, 6.45) is 1.59. The standard InChI is InChI=1S/C18H12N2O2S2/c19-8-15(18(21)14-5-6-23-10-14)7-13-1-3-17(4-2-13)22-9-16-11-24-12-20-16/h1-7,10-12H,9H2/b15-7-. The van der Waals surface area contributed by atoms with Crippen LogP contribution in [-0.4, -0.2) is 10.8 Å². The first-order chi connectivity index (χ1) is 11.8. The lowest BCUT2D eigenvalue weighted by Gasteiger charge is -2.04. The number of Topliss-reactive ketones (excluding diaryl/α,β-unsaturated/α-hetero) is 1. The largest absolute Gasteiger partial charge is 0.487 e. The average molecular weight is 352 g/mol. The molecule has 0 N–H and O–H groups in total. The molecule has 0 aliphatic heterocycles. The Bertz CT molecular complexity index is 874. The fourth-order valence-corrected chi connectivity index (χ4v) is 3.17. The third kappa shape index (κ3) is 3.96. The van der Waals surface area contributed by atoms with Gasteiger partial charge in [-0.2, -0.15) is 16.6 Å².